The van der Waals surface area contributed by atoms with Gasteiger partial charge in [-0.05, 0) is 42.8 Å². The smallest absolute Gasteiger partial charge is 0.240 e. The number of H-pyrrole nitrogens is 1. The van der Waals surface area contributed by atoms with Gasteiger partial charge in [0, 0.05) is 12.1 Å². The van der Waals surface area contributed by atoms with Gasteiger partial charge in [0.15, 0.2) is 0 Å². The van der Waals surface area contributed by atoms with Crippen LogP contribution in [0.15, 0.2) is 53.4 Å². The highest BCUT2D eigenvalue weighted by Crippen LogP contribution is 2.22. The van der Waals surface area contributed by atoms with Gasteiger partial charge in [-0.15, -0.1) is 0 Å². The van der Waals surface area contributed by atoms with Gasteiger partial charge in [-0.2, -0.15) is 0 Å². The van der Waals surface area contributed by atoms with E-state index in [9.17, 15) is 8.42 Å². The molecule has 168 valence electrons. The highest BCUT2D eigenvalue weighted by atomic mass is 32.2. The van der Waals surface area contributed by atoms with Gasteiger partial charge >= 0.3 is 0 Å². The van der Waals surface area contributed by atoms with Crippen molar-refractivity contribution in [3.63, 3.8) is 0 Å². The lowest BCUT2D eigenvalue weighted by atomic mass is 10.1. The molecule has 0 spiro atoms. The topological polar surface area (TPSA) is 74.8 Å². The summed E-state index contributed by atoms with van der Waals surface area (Å²) in [5, 5.41) is 0. The molecule has 0 atom stereocenters. The molecular weight excluding hydrogens is 406 g/mol. The Labute approximate surface area is 186 Å². The summed E-state index contributed by atoms with van der Waals surface area (Å²) in [5.74, 6) is 0.739. The molecule has 0 radical (unpaired) electrons. The molecule has 5 nitrogen and oxygen atoms in total. The quantitative estimate of drug-likeness (QED) is 0.283. The largest absolute Gasteiger partial charge is 0.338 e. The van der Waals surface area contributed by atoms with E-state index in [-0.39, 0.29) is 0 Å². The van der Waals surface area contributed by atoms with Crippen LogP contribution in [0.2, 0.25) is 0 Å². The molecule has 0 aliphatic rings. The summed E-state index contributed by atoms with van der Waals surface area (Å²) in [6, 6.07) is 14.7. The number of para-hydroxylation sites is 2. The SMILES string of the molecule is CCCCCCCCCCCCNS(=O)(=O)c1ccc(-c2nc3ccccc3[nH]2)cc1. The number of aromatic amines is 1. The van der Waals surface area contributed by atoms with Crippen molar-refractivity contribution < 1.29 is 8.42 Å². The molecule has 0 bridgehead atoms. The van der Waals surface area contributed by atoms with E-state index >= 15 is 0 Å². The fourth-order valence-corrected chi connectivity index (χ4v) is 4.86. The van der Waals surface area contributed by atoms with Crippen molar-refractivity contribution in [2.45, 2.75) is 76.0 Å². The van der Waals surface area contributed by atoms with E-state index in [4.69, 9.17) is 0 Å². The molecule has 0 amide bonds. The normalized spacial score (nSPS) is 11.9. The third-order valence-corrected chi connectivity index (χ3v) is 7.13. The minimum Gasteiger partial charge on any atom is -0.338 e. The number of unbranched alkanes of at least 4 members (excludes halogenated alkanes) is 9. The predicted molar refractivity (Wildman–Crippen MR) is 129 cm³/mol. The van der Waals surface area contributed by atoms with Crippen LogP contribution in [0, 0.1) is 0 Å². The van der Waals surface area contributed by atoms with E-state index in [2.05, 4.69) is 21.6 Å². The van der Waals surface area contributed by atoms with Crippen LogP contribution in [0.3, 0.4) is 0 Å². The Bertz CT molecular complexity index is 993. The molecule has 0 unspecified atom stereocenters. The zero-order chi connectivity index (χ0) is 21.9. The fourth-order valence-electron chi connectivity index (χ4n) is 3.78. The minimum absolute atomic E-state index is 0.291. The second kappa shape index (κ2) is 12.0. The molecule has 2 aromatic carbocycles. The molecule has 0 aliphatic carbocycles. The Hall–Kier alpha value is -2.18. The van der Waals surface area contributed by atoms with Crippen molar-refractivity contribution in [1.82, 2.24) is 14.7 Å². The van der Waals surface area contributed by atoms with Crippen molar-refractivity contribution in [2.75, 3.05) is 6.54 Å². The van der Waals surface area contributed by atoms with Gasteiger partial charge in [-0.25, -0.2) is 18.1 Å². The molecule has 0 saturated heterocycles. The third kappa shape index (κ3) is 7.18. The predicted octanol–water partition coefficient (Wildman–Crippen LogP) is 6.43. The lowest BCUT2D eigenvalue weighted by Crippen LogP contribution is -2.24. The molecule has 1 heterocycles. The maximum atomic E-state index is 12.5. The number of hydrogen-bond donors (Lipinski definition) is 2. The number of hydrogen-bond acceptors (Lipinski definition) is 3. The summed E-state index contributed by atoms with van der Waals surface area (Å²) < 4.78 is 27.8. The van der Waals surface area contributed by atoms with E-state index in [1.807, 2.05) is 24.3 Å². The van der Waals surface area contributed by atoms with Gasteiger partial charge in [0.25, 0.3) is 0 Å². The number of nitrogens with one attached hydrogen (secondary N) is 2. The maximum Gasteiger partial charge on any atom is 0.240 e. The van der Waals surface area contributed by atoms with E-state index in [1.54, 1.807) is 24.3 Å². The first-order valence-corrected chi connectivity index (χ1v) is 13.1. The Balaban J connectivity index is 1.39. The van der Waals surface area contributed by atoms with E-state index in [0.29, 0.717) is 11.4 Å². The van der Waals surface area contributed by atoms with Gasteiger partial charge in [0.1, 0.15) is 5.82 Å². The zero-order valence-electron chi connectivity index (χ0n) is 18.6. The lowest BCUT2D eigenvalue weighted by molar-refractivity contribution is 0.549. The van der Waals surface area contributed by atoms with E-state index in [1.165, 1.54) is 51.4 Å². The summed E-state index contributed by atoms with van der Waals surface area (Å²) in [7, 11) is -3.47. The van der Waals surface area contributed by atoms with Crippen molar-refractivity contribution in [3.8, 4) is 11.4 Å². The average molecular weight is 442 g/mol. The Kier molecular flexibility index (Phi) is 9.10. The van der Waals surface area contributed by atoms with Crippen LogP contribution in [-0.2, 0) is 10.0 Å². The molecule has 6 heteroatoms. The first kappa shape index (κ1) is 23.5. The Morgan fingerprint density at radius 1 is 0.806 bits per heavy atom. The van der Waals surface area contributed by atoms with Crippen LogP contribution >= 0.6 is 0 Å². The number of aromatic nitrogens is 2. The highest BCUT2D eigenvalue weighted by Gasteiger charge is 2.14. The first-order chi connectivity index (χ1) is 15.1. The standard InChI is InChI=1S/C25H35N3O2S/c1-2-3-4-5-6-7-8-9-10-13-20-26-31(29,30)22-18-16-21(17-19-22)25-27-23-14-11-12-15-24(23)28-25/h11-12,14-19,26H,2-10,13,20H2,1H3,(H,27,28). The highest BCUT2D eigenvalue weighted by molar-refractivity contribution is 7.89. The fraction of sp³-hybridized carbons (Fsp3) is 0.480. The number of nitrogens with zero attached hydrogens (tertiary/aromatic N) is 1. The molecular formula is C25H35N3O2S. The third-order valence-electron chi connectivity index (χ3n) is 5.65. The van der Waals surface area contributed by atoms with Crippen LogP contribution in [0.1, 0.15) is 71.1 Å². The molecule has 3 rings (SSSR count). The van der Waals surface area contributed by atoms with Gasteiger partial charge < -0.3 is 4.98 Å². The summed E-state index contributed by atoms with van der Waals surface area (Å²) in [4.78, 5) is 8.12. The Morgan fingerprint density at radius 3 is 2.06 bits per heavy atom. The average Bonchev–Trinajstić information content (AvgIpc) is 3.22. The number of imidazole rings is 1. The van der Waals surface area contributed by atoms with Crippen LogP contribution in [-0.4, -0.2) is 24.9 Å². The van der Waals surface area contributed by atoms with Crippen LogP contribution in [0.5, 0.6) is 0 Å². The summed E-state index contributed by atoms with van der Waals surface area (Å²) in [6.45, 7) is 2.73. The Morgan fingerprint density at radius 2 is 1.42 bits per heavy atom. The monoisotopic (exact) mass is 441 g/mol. The molecule has 1 aromatic heterocycles. The second-order valence-corrected chi connectivity index (χ2v) is 9.97. The van der Waals surface area contributed by atoms with Gasteiger partial charge in [-0.3, -0.25) is 0 Å². The maximum absolute atomic E-state index is 12.5. The minimum atomic E-state index is -3.47. The van der Waals surface area contributed by atoms with Crippen LogP contribution < -0.4 is 4.72 Å². The van der Waals surface area contributed by atoms with Gasteiger partial charge in [-0.1, -0.05) is 76.8 Å². The number of benzene rings is 2. The van der Waals surface area contributed by atoms with E-state index in [0.717, 1.165) is 35.3 Å². The first-order valence-electron chi connectivity index (χ1n) is 11.6. The van der Waals surface area contributed by atoms with Gasteiger partial charge in [0.05, 0.1) is 15.9 Å². The summed E-state index contributed by atoms with van der Waals surface area (Å²) in [6.07, 6.45) is 12.4. The summed E-state index contributed by atoms with van der Waals surface area (Å²) >= 11 is 0. The van der Waals surface area contributed by atoms with Crippen molar-refractivity contribution in [2.24, 2.45) is 0 Å². The van der Waals surface area contributed by atoms with Gasteiger partial charge in [0.2, 0.25) is 10.0 Å². The van der Waals surface area contributed by atoms with E-state index < -0.39 is 10.0 Å². The lowest BCUT2D eigenvalue weighted by Gasteiger charge is -2.07. The summed E-state index contributed by atoms with van der Waals surface area (Å²) in [5.41, 5.74) is 2.73. The molecule has 2 N–H and O–H groups in total. The van der Waals surface area contributed by atoms with Crippen molar-refractivity contribution >= 4 is 21.1 Å². The van der Waals surface area contributed by atoms with Crippen LogP contribution in [0.25, 0.3) is 22.4 Å². The zero-order valence-corrected chi connectivity index (χ0v) is 19.4. The number of fused-ring (bicyclic) bond motifs is 1. The van der Waals surface area contributed by atoms with Crippen molar-refractivity contribution in [1.29, 1.82) is 0 Å². The molecule has 31 heavy (non-hydrogen) atoms. The second-order valence-electron chi connectivity index (χ2n) is 8.21. The number of rotatable bonds is 14. The number of sulfonamides is 1. The van der Waals surface area contributed by atoms with Crippen molar-refractivity contribution in [3.05, 3.63) is 48.5 Å². The van der Waals surface area contributed by atoms with Crippen LogP contribution in [0.4, 0.5) is 0 Å². The molecule has 0 fully saturated rings. The molecule has 3 aromatic rings. The molecule has 0 saturated carbocycles. The molecule has 0 aliphatic heterocycles.